The minimum atomic E-state index is 0.955. The van der Waals surface area contributed by atoms with Crippen LogP contribution in [0.1, 0.15) is 27.8 Å². The predicted octanol–water partition coefficient (Wildman–Crippen LogP) is 10.4. The summed E-state index contributed by atoms with van der Waals surface area (Å²) in [5.74, 6) is 2.45. The fourth-order valence-corrected chi connectivity index (χ4v) is 10.7. The molecule has 1 nitrogen and oxygen atoms in total. The molecule has 0 amide bonds. The van der Waals surface area contributed by atoms with Crippen LogP contribution in [0.2, 0.25) is 0 Å². The van der Waals surface area contributed by atoms with Crippen LogP contribution >= 0.6 is 47.0 Å². The van der Waals surface area contributed by atoms with Crippen LogP contribution < -0.4 is 0 Å². The third-order valence-corrected chi connectivity index (χ3v) is 12.3. The number of hydrogen-bond acceptors (Lipinski definition) is 5. The van der Waals surface area contributed by atoms with Gasteiger partial charge in [0.25, 0.3) is 0 Å². The van der Waals surface area contributed by atoms with Gasteiger partial charge >= 0.3 is 0 Å². The molecule has 5 heteroatoms. The van der Waals surface area contributed by atoms with E-state index in [1.807, 2.05) is 53.3 Å². The Balaban J connectivity index is 1.05. The summed E-state index contributed by atoms with van der Waals surface area (Å²) >= 11 is 7.84. The lowest BCUT2D eigenvalue weighted by Crippen LogP contribution is -1.88. The van der Waals surface area contributed by atoms with Gasteiger partial charge in [0, 0.05) is 17.7 Å². The molecule has 0 N–H and O–H groups in total. The molecule has 3 aliphatic rings. The Morgan fingerprint density at radius 3 is 1.63 bits per heavy atom. The number of hydrogen-bond donors (Lipinski definition) is 0. The monoisotopic (exact) mass is 561 g/mol. The smallest absolute Gasteiger partial charge is 0.0660 e. The molecule has 4 aromatic carbocycles. The maximum atomic E-state index is 4.72. The van der Waals surface area contributed by atoms with Gasteiger partial charge in [-0.2, -0.15) is 0 Å². The van der Waals surface area contributed by atoms with E-state index in [0.717, 1.165) is 11.3 Å². The van der Waals surface area contributed by atoms with Crippen LogP contribution in [0.4, 0.5) is 5.69 Å². The summed E-state index contributed by atoms with van der Waals surface area (Å²) in [4.78, 5) is 4.72. The summed E-state index contributed by atoms with van der Waals surface area (Å²) in [6, 6.07) is 34.5. The summed E-state index contributed by atoms with van der Waals surface area (Å²) in [7, 11) is 0. The van der Waals surface area contributed by atoms with Crippen molar-refractivity contribution >= 4 is 76.7 Å². The van der Waals surface area contributed by atoms with Crippen molar-refractivity contribution in [3.05, 3.63) is 138 Å². The lowest BCUT2D eigenvalue weighted by molar-refractivity contribution is 1.51. The molecule has 0 saturated carbocycles. The summed E-state index contributed by atoms with van der Waals surface area (Å²) in [5.41, 5.74) is 11.0. The first kappa shape index (κ1) is 24.2. The summed E-state index contributed by atoms with van der Waals surface area (Å²) in [6.45, 7) is 0. The fourth-order valence-electron chi connectivity index (χ4n) is 4.78. The molecule has 0 aromatic heterocycles. The van der Waals surface area contributed by atoms with Gasteiger partial charge in [-0.15, -0.1) is 23.5 Å². The zero-order valence-corrected chi connectivity index (χ0v) is 23.7. The second-order valence-corrected chi connectivity index (χ2v) is 14.2. The van der Waals surface area contributed by atoms with Crippen molar-refractivity contribution in [2.75, 3.05) is 11.5 Å². The Labute approximate surface area is 240 Å². The Morgan fingerprint density at radius 2 is 1.03 bits per heavy atom. The second-order valence-electron chi connectivity index (χ2n) is 9.10. The minimum absolute atomic E-state index is 0.955. The van der Waals surface area contributed by atoms with Gasteiger partial charge in [0.15, 0.2) is 0 Å². The Bertz CT molecular complexity index is 1580. The lowest BCUT2D eigenvalue weighted by Gasteiger charge is -2.08. The molecule has 0 fully saturated rings. The van der Waals surface area contributed by atoms with Crippen molar-refractivity contribution in [2.45, 2.75) is 0 Å². The summed E-state index contributed by atoms with van der Waals surface area (Å²) in [5, 5.41) is 0. The van der Waals surface area contributed by atoms with Crippen molar-refractivity contribution in [3.8, 4) is 11.1 Å². The molecule has 0 radical (unpaired) electrons. The van der Waals surface area contributed by atoms with Gasteiger partial charge < -0.3 is 0 Å². The molecule has 0 bridgehead atoms. The van der Waals surface area contributed by atoms with Crippen LogP contribution in [0.25, 0.3) is 28.9 Å². The molecule has 0 saturated heterocycles. The Hall–Kier alpha value is -2.83. The van der Waals surface area contributed by atoms with Crippen LogP contribution in [0.3, 0.4) is 0 Å². The van der Waals surface area contributed by atoms with E-state index in [1.165, 1.54) is 63.2 Å². The standard InChI is InChI=1S/C33H23NS4/c1-3-7-28-26(5-1)27-6-2-4-8-29(27)30(28)19-22-13-15-25(16-14-22)34-21-24-11-9-23(10-12-24)20-31-37-32-33(38-31)36-18-17-35-32/h1-16,19-21H,17-18H2. The quantitative estimate of drug-likeness (QED) is 0.202. The molecule has 4 aromatic rings. The molecule has 0 unspecified atom stereocenters. The SMILES string of the molecule is C(=Nc1ccc(C=C2c3ccccc3-c3ccccc32)cc1)c1ccc(C=C2SC3=C(SCCS3)S2)cc1. The van der Waals surface area contributed by atoms with Crippen molar-refractivity contribution in [1.82, 2.24) is 0 Å². The van der Waals surface area contributed by atoms with E-state index in [-0.39, 0.29) is 0 Å². The lowest BCUT2D eigenvalue weighted by atomic mass is 10.0. The van der Waals surface area contributed by atoms with Crippen LogP contribution in [0.15, 0.2) is 115 Å². The molecule has 38 heavy (non-hydrogen) atoms. The first-order valence-corrected chi connectivity index (χ1v) is 16.1. The third-order valence-electron chi connectivity index (χ3n) is 6.62. The first-order valence-electron chi connectivity index (χ1n) is 12.5. The zero-order chi connectivity index (χ0) is 25.3. The third kappa shape index (κ3) is 4.96. The number of fused-ring (bicyclic) bond motifs is 3. The molecular weight excluding hydrogens is 539 g/mol. The maximum absolute atomic E-state index is 4.72. The molecule has 2 heterocycles. The molecular formula is C33H23NS4. The predicted molar refractivity (Wildman–Crippen MR) is 174 cm³/mol. The van der Waals surface area contributed by atoms with E-state index < -0.39 is 0 Å². The summed E-state index contributed by atoms with van der Waals surface area (Å²) < 4.78 is 4.35. The van der Waals surface area contributed by atoms with Gasteiger partial charge in [-0.25, -0.2) is 0 Å². The van der Waals surface area contributed by atoms with E-state index >= 15 is 0 Å². The van der Waals surface area contributed by atoms with Crippen LogP contribution in [-0.2, 0) is 0 Å². The van der Waals surface area contributed by atoms with Gasteiger partial charge in [0.05, 0.1) is 18.4 Å². The largest absolute Gasteiger partial charge is 0.256 e. The molecule has 1 aliphatic carbocycles. The van der Waals surface area contributed by atoms with Crippen molar-refractivity contribution in [1.29, 1.82) is 0 Å². The Morgan fingerprint density at radius 1 is 0.526 bits per heavy atom. The fraction of sp³-hybridized carbons (Fsp3) is 0.0606. The molecule has 0 atom stereocenters. The molecule has 2 aliphatic heterocycles. The van der Waals surface area contributed by atoms with E-state index in [9.17, 15) is 0 Å². The van der Waals surface area contributed by atoms with Gasteiger partial charge in [-0.1, -0.05) is 108 Å². The summed E-state index contributed by atoms with van der Waals surface area (Å²) in [6.07, 6.45) is 6.53. The van der Waals surface area contributed by atoms with Crippen LogP contribution in [0.5, 0.6) is 0 Å². The number of thioether (sulfide) groups is 4. The molecule has 184 valence electrons. The highest BCUT2D eigenvalue weighted by Gasteiger charge is 2.25. The maximum Gasteiger partial charge on any atom is 0.0660 e. The van der Waals surface area contributed by atoms with Crippen LogP contribution in [0, 0.1) is 0 Å². The number of benzene rings is 4. The first-order chi connectivity index (χ1) is 18.8. The molecule has 0 spiro atoms. The highest BCUT2D eigenvalue weighted by molar-refractivity contribution is 8.41. The van der Waals surface area contributed by atoms with Crippen molar-refractivity contribution in [2.24, 2.45) is 4.99 Å². The topological polar surface area (TPSA) is 12.4 Å². The average Bonchev–Trinajstić information content (AvgIpc) is 3.52. The second kappa shape index (κ2) is 10.7. The van der Waals surface area contributed by atoms with Crippen molar-refractivity contribution < 1.29 is 0 Å². The minimum Gasteiger partial charge on any atom is -0.256 e. The van der Waals surface area contributed by atoms with E-state index in [4.69, 9.17) is 4.99 Å². The number of nitrogens with zero attached hydrogens (tertiary/aromatic N) is 1. The van der Waals surface area contributed by atoms with E-state index in [2.05, 4.69) is 109 Å². The van der Waals surface area contributed by atoms with E-state index in [0.29, 0.717) is 0 Å². The van der Waals surface area contributed by atoms with Gasteiger partial charge in [-0.3, -0.25) is 4.99 Å². The van der Waals surface area contributed by atoms with E-state index in [1.54, 1.807) is 0 Å². The van der Waals surface area contributed by atoms with Gasteiger partial charge in [-0.05, 0) is 68.8 Å². The number of rotatable bonds is 4. The zero-order valence-electron chi connectivity index (χ0n) is 20.5. The molecule has 7 rings (SSSR count). The van der Waals surface area contributed by atoms with Gasteiger partial charge in [0.2, 0.25) is 0 Å². The number of aliphatic imine (C=N–C) groups is 1. The highest BCUT2D eigenvalue weighted by atomic mass is 32.3. The average molecular weight is 562 g/mol. The van der Waals surface area contributed by atoms with Gasteiger partial charge in [0.1, 0.15) is 0 Å². The van der Waals surface area contributed by atoms with Crippen molar-refractivity contribution in [3.63, 3.8) is 0 Å². The Kier molecular flexibility index (Phi) is 6.85. The normalized spacial score (nSPS) is 16.0. The highest BCUT2D eigenvalue weighted by Crippen LogP contribution is 2.59. The van der Waals surface area contributed by atoms with Crippen LogP contribution in [-0.4, -0.2) is 17.7 Å².